The van der Waals surface area contributed by atoms with E-state index < -0.39 is 0 Å². The Hall–Kier alpha value is -2.05. The smallest absolute Gasteiger partial charge is 0.222 e. The van der Waals surface area contributed by atoms with E-state index >= 15 is 0 Å². The molecule has 4 heterocycles. The first kappa shape index (κ1) is 16.4. The van der Waals surface area contributed by atoms with Crippen LogP contribution in [-0.4, -0.2) is 46.2 Å². The van der Waals surface area contributed by atoms with Crippen LogP contribution in [0.2, 0.25) is 0 Å². The molecule has 2 aromatic heterocycles. The van der Waals surface area contributed by atoms with E-state index in [9.17, 15) is 0 Å². The van der Waals surface area contributed by atoms with Gasteiger partial charge in [-0.15, -0.1) is 0 Å². The number of hydrogen-bond acceptors (Lipinski definition) is 6. The largest absolute Gasteiger partial charge is 0.381 e. The molecule has 2 aliphatic rings. The molecule has 0 spiro atoms. The van der Waals surface area contributed by atoms with Gasteiger partial charge < -0.3 is 10.1 Å². The van der Waals surface area contributed by atoms with Gasteiger partial charge in [-0.1, -0.05) is 0 Å². The molecular formula is C19H25N5O. The molecule has 0 unspecified atom stereocenters. The quantitative estimate of drug-likeness (QED) is 0.902. The lowest BCUT2D eigenvalue weighted by Gasteiger charge is -2.33. The topological polar surface area (TPSA) is 63.2 Å². The number of fused-ring (bicyclic) bond motifs is 1. The summed E-state index contributed by atoms with van der Waals surface area (Å²) in [6.45, 7) is 5.89. The Morgan fingerprint density at radius 3 is 2.84 bits per heavy atom. The van der Waals surface area contributed by atoms with Crippen LogP contribution in [0.3, 0.4) is 0 Å². The maximum atomic E-state index is 5.48. The van der Waals surface area contributed by atoms with Crippen molar-refractivity contribution in [2.75, 3.05) is 31.6 Å². The van der Waals surface area contributed by atoms with Crippen molar-refractivity contribution < 1.29 is 4.74 Å². The van der Waals surface area contributed by atoms with Gasteiger partial charge in [0.1, 0.15) is 0 Å². The zero-order valence-electron chi connectivity index (χ0n) is 14.5. The Bertz CT molecular complexity index is 687. The standard InChI is InChI=1S/C19H25N5O/c1-5-21-19(22-6-1)23-12-16-10-20-11-17-14-24(7-2-18(16)17)13-15-3-8-25-9-4-15/h1,5-6,10-11,15H,2-4,7-9,12-14H2,(H,21,22,23). The maximum absolute atomic E-state index is 5.48. The van der Waals surface area contributed by atoms with Crippen LogP contribution in [-0.2, 0) is 24.2 Å². The van der Waals surface area contributed by atoms with Crippen LogP contribution in [0, 0.1) is 5.92 Å². The minimum Gasteiger partial charge on any atom is -0.381 e. The molecule has 0 aliphatic carbocycles. The Labute approximate surface area is 148 Å². The van der Waals surface area contributed by atoms with Crippen molar-refractivity contribution in [2.24, 2.45) is 5.92 Å². The van der Waals surface area contributed by atoms with Crippen molar-refractivity contribution in [3.63, 3.8) is 0 Å². The highest BCUT2D eigenvalue weighted by molar-refractivity contribution is 5.36. The van der Waals surface area contributed by atoms with Crippen LogP contribution in [0.1, 0.15) is 29.5 Å². The minimum atomic E-state index is 0.664. The monoisotopic (exact) mass is 339 g/mol. The molecule has 1 fully saturated rings. The second-order valence-corrected chi connectivity index (χ2v) is 6.90. The molecule has 6 nitrogen and oxygen atoms in total. The van der Waals surface area contributed by atoms with Crippen molar-refractivity contribution in [1.82, 2.24) is 19.9 Å². The predicted molar refractivity (Wildman–Crippen MR) is 96.1 cm³/mol. The van der Waals surface area contributed by atoms with Crippen molar-refractivity contribution in [3.8, 4) is 0 Å². The SMILES string of the molecule is c1cnc(NCc2cncc3c2CCN(CC2CCOCC2)C3)nc1. The van der Waals surface area contributed by atoms with Gasteiger partial charge in [0.15, 0.2) is 0 Å². The number of nitrogens with one attached hydrogen (secondary N) is 1. The maximum Gasteiger partial charge on any atom is 0.222 e. The predicted octanol–water partition coefficient (Wildman–Crippen LogP) is 2.27. The number of aromatic nitrogens is 3. The zero-order chi connectivity index (χ0) is 16.9. The number of anilines is 1. The van der Waals surface area contributed by atoms with Gasteiger partial charge in [-0.2, -0.15) is 0 Å². The molecule has 6 heteroatoms. The average Bonchev–Trinajstić information content (AvgIpc) is 2.68. The van der Waals surface area contributed by atoms with Crippen LogP contribution in [0.4, 0.5) is 5.95 Å². The first-order valence-corrected chi connectivity index (χ1v) is 9.14. The lowest BCUT2D eigenvalue weighted by Crippen LogP contribution is -2.36. The molecule has 0 aromatic carbocycles. The number of rotatable bonds is 5. The first-order valence-electron chi connectivity index (χ1n) is 9.14. The summed E-state index contributed by atoms with van der Waals surface area (Å²) in [4.78, 5) is 15.5. The van der Waals surface area contributed by atoms with Gasteiger partial charge in [-0.3, -0.25) is 9.88 Å². The van der Waals surface area contributed by atoms with Crippen LogP contribution < -0.4 is 5.32 Å². The Balaban J connectivity index is 1.39. The lowest BCUT2D eigenvalue weighted by atomic mass is 9.94. The molecule has 2 aromatic rings. The molecule has 132 valence electrons. The summed E-state index contributed by atoms with van der Waals surface area (Å²) < 4.78 is 5.48. The molecular weight excluding hydrogens is 314 g/mol. The zero-order valence-corrected chi connectivity index (χ0v) is 14.5. The lowest BCUT2D eigenvalue weighted by molar-refractivity contribution is 0.0506. The molecule has 1 saturated heterocycles. The fraction of sp³-hybridized carbons (Fsp3) is 0.526. The molecule has 4 rings (SSSR count). The van der Waals surface area contributed by atoms with Crippen molar-refractivity contribution in [3.05, 3.63) is 47.5 Å². The van der Waals surface area contributed by atoms with E-state index in [4.69, 9.17) is 4.74 Å². The van der Waals surface area contributed by atoms with E-state index in [2.05, 4.69) is 25.2 Å². The van der Waals surface area contributed by atoms with Gasteiger partial charge in [-0.25, -0.2) is 9.97 Å². The highest BCUT2D eigenvalue weighted by Crippen LogP contribution is 2.24. The van der Waals surface area contributed by atoms with Gasteiger partial charge in [0, 0.05) is 64.2 Å². The molecule has 0 radical (unpaired) electrons. The fourth-order valence-electron chi connectivity index (χ4n) is 3.79. The van der Waals surface area contributed by atoms with Crippen LogP contribution in [0.15, 0.2) is 30.9 Å². The van der Waals surface area contributed by atoms with Gasteiger partial charge >= 0.3 is 0 Å². The van der Waals surface area contributed by atoms with E-state index in [1.54, 1.807) is 12.4 Å². The summed E-state index contributed by atoms with van der Waals surface area (Å²) in [5.41, 5.74) is 4.07. The molecule has 0 bridgehead atoms. The van der Waals surface area contributed by atoms with Crippen LogP contribution >= 0.6 is 0 Å². The molecule has 1 N–H and O–H groups in total. The summed E-state index contributed by atoms with van der Waals surface area (Å²) >= 11 is 0. The van der Waals surface area contributed by atoms with Crippen LogP contribution in [0.5, 0.6) is 0 Å². The third kappa shape index (κ3) is 4.14. The summed E-state index contributed by atoms with van der Waals surface area (Å²) in [7, 11) is 0. The third-order valence-electron chi connectivity index (χ3n) is 5.17. The number of ether oxygens (including phenoxy) is 1. The van der Waals surface area contributed by atoms with Gasteiger partial charge in [0.05, 0.1) is 0 Å². The molecule has 0 atom stereocenters. The summed E-state index contributed by atoms with van der Waals surface area (Å²) in [6.07, 6.45) is 11.0. The Morgan fingerprint density at radius 2 is 2.00 bits per heavy atom. The molecule has 0 amide bonds. The Morgan fingerprint density at radius 1 is 1.16 bits per heavy atom. The average molecular weight is 339 g/mol. The van der Waals surface area contributed by atoms with E-state index in [-0.39, 0.29) is 0 Å². The fourth-order valence-corrected chi connectivity index (χ4v) is 3.79. The molecule has 0 saturated carbocycles. The number of pyridine rings is 1. The molecule has 25 heavy (non-hydrogen) atoms. The van der Waals surface area contributed by atoms with Gasteiger partial charge in [0.2, 0.25) is 5.95 Å². The normalized spacial score (nSPS) is 18.7. The van der Waals surface area contributed by atoms with Gasteiger partial charge in [0.25, 0.3) is 0 Å². The highest BCUT2D eigenvalue weighted by Gasteiger charge is 2.23. The van der Waals surface area contributed by atoms with E-state index in [0.29, 0.717) is 5.95 Å². The van der Waals surface area contributed by atoms with E-state index in [0.717, 1.165) is 45.2 Å². The third-order valence-corrected chi connectivity index (χ3v) is 5.17. The number of hydrogen-bond donors (Lipinski definition) is 1. The first-order chi connectivity index (χ1) is 12.4. The molecule has 2 aliphatic heterocycles. The Kier molecular flexibility index (Phi) is 5.18. The summed E-state index contributed by atoms with van der Waals surface area (Å²) in [5.74, 6) is 1.44. The highest BCUT2D eigenvalue weighted by atomic mass is 16.5. The summed E-state index contributed by atoms with van der Waals surface area (Å²) in [6, 6.07) is 1.82. The second-order valence-electron chi connectivity index (χ2n) is 6.90. The number of nitrogens with zero attached hydrogens (tertiary/aromatic N) is 4. The van der Waals surface area contributed by atoms with Crippen molar-refractivity contribution in [1.29, 1.82) is 0 Å². The van der Waals surface area contributed by atoms with Crippen molar-refractivity contribution in [2.45, 2.75) is 32.4 Å². The van der Waals surface area contributed by atoms with Crippen LogP contribution in [0.25, 0.3) is 0 Å². The minimum absolute atomic E-state index is 0.664. The van der Waals surface area contributed by atoms with E-state index in [1.165, 1.54) is 36.1 Å². The van der Waals surface area contributed by atoms with Crippen molar-refractivity contribution >= 4 is 5.95 Å². The summed E-state index contributed by atoms with van der Waals surface area (Å²) in [5, 5.41) is 3.30. The second kappa shape index (κ2) is 7.89. The van der Waals surface area contributed by atoms with Gasteiger partial charge in [-0.05, 0) is 47.9 Å². The van der Waals surface area contributed by atoms with E-state index in [1.807, 2.05) is 18.5 Å².